The molecule has 0 saturated carbocycles. The second-order valence-electron chi connectivity index (χ2n) is 4.35. The number of anilines is 1. The number of nitrogens with one attached hydrogen (secondary N) is 1. The van der Waals surface area contributed by atoms with Crippen LogP contribution in [-0.2, 0) is 0 Å². The summed E-state index contributed by atoms with van der Waals surface area (Å²) >= 11 is 11.9. The molecule has 0 aliphatic carbocycles. The minimum Gasteiger partial charge on any atom is -0.495 e. The van der Waals surface area contributed by atoms with E-state index < -0.39 is 18.0 Å². The lowest BCUT2D eigenvalue weighted by atomic mass is 10.2. The second-order valence-corrected chi connectivity index (χ2v) is 5.16. The minimum absolute atomic E-state index is 0.130. The van der Waals surface area contributed by atoms with Crippen molar-refractivity contribution >= 4 is 34.8 Å². The van der Waals surface area contributed by atoms with Crippen LogP contribution in [0.5, 0.6) is 11.5 Å². The monoisotopic (exact) mass is 380 g/mol. The molecule has 1 aromatic heterocycles. The van der Waals surface area contributed by atoms with Crippen molar-refractivity contribution < 1.29 is 27.4 Å². The van der Waals surface area contributed by atoms with Gasteiger partial charge in [-0.1, -0.05) is 23.2 Å². The Bertz CT molecular complexity index is 752. The highest BCUT2D eigenvalue weighted by atomic mass is 35.5. The van der Waals surface area contributed by atoms with Gasteiger partial charge in [-0.05, 0) is 18.2 Å². The van der Waals surface area contributed by atoms with E-state index in [4.69, 9.17) is 27.9 Å². The molecule has 0 fully saturated rings. The van der Waals surface area contributed by atoms with Crippen molar-refractivity contribution in [3.63, 3.8) is 0 Å². The highest BCUT2D eigenvalue weighted by Gasteiger charge is 2.31. The number of hydrogen-bond donors (Lipinski definition) is 1. The number of halogens is 5. The van der Waals surface area contributed by atoms with Crippen molar-refractivity contribution in [2.75, 3.05) is 12.4 Å². The Hall–Kier alpha value is -2.19. The molecule has 0 unspecified atom stereocenters. The van der Waals surface area contributed by atoms with Crippen molar-refractivity contribution in [2.45, 2.75) is 6.36 Å². The van der Waals surface area contributed by atoms with Gasteiger partial charge in [0.1, 0.15) is 17.2 Å². The average Bonchev–Trinajstić information content (AvgIpc) is 2.49. The lowest BCUT2D eigenvalue weighted by Crippen LogP contribution is -2.18. The van der Waals surface area contributed by atoms with Gasteiger partial charge in [-0.3, -0.25) is 4.79 Å². The predicted molar refractivity (Wildman–Crippen MR) is 81.9 cm³/mol. The number of aromatic nitrogens is 1. The van der Waals surface area contributed by atoms with E-state index in [2.05, 4.69) is 15.0 Å². The lowest BCUT2D eigenvalue weighted by molar-refractivity contribution is -0.274. The van der Waals surface area contributed by atoms with E-state index in [9.17, 15) is 18.0 Å². The van der Waals surface area contributed by atoms with Crippen LogP contribution >= 0.6 is 23.2 Å². The molecule has 0 saturated heterocycles. The van der Waals surface area contributed by atoms with Gasteiger partial charge in [-0.15, -0.1) is 13.2 Å². The van der Waals surface area contributed by atoms with Crippen molar-refractivity contribution in [1.29, 1.82) is 0 Å². The van der Waals surface area contributed by atoms with Gasteiger partial charge >= 0.3 is 6.36 Å². The SMILES string of the molecule is COc1cc(NC(=O)c2ccc(OC(F)(F)F)cn2)c(Cl)cc1Cl. The molecule has 0 spiro atoms. The maximum absolute atomic E-state index is 12.1. The van der Waals surface area contributed by atoms with Gasteiger partial charge in [-0.25, -0.2) is 4.98 Å². The summed E-state index contributed by atoms with van der Waals surface area (Å²) < 4.78 is 44.9. The first-order valence-corrected chi connectivity index (χ1v) is 7.01. The molecule has 128 valence electrons. The minimum atomic E-state index is -4.83. The normalized spacial score (nSPS) is 11.1. The van der Waals surface area contributed by atoms with Gasteiger partial charge in [0.25, 0.3) is 5.91 Å². The zero-order valence-electron chi connectivity index (χ0n) is 11.9. The van der Waals surface area contributed by atoms with Crippen LogP contribution in [-0.4, -0.2) is 24.4 Å². The Morgan fingerprint density at radius 2 is 1.92 bits per heavy atom. The van der Waals surface area contributed by atoms with E-state index in [1.807, 2.05) is 0 Å². The van der Waals surface area contributed by atoms with E-state index in [0.717, 1.165) is 18.3 Å². The Balaban J connectivity index is 2.15. The van der Waals surface area contributed by atoms with Gasteiger partial charge in [0, 0.05) is 6.07 Å². The van der Waals surface area contributed by atoms with Crippen molar-refractivity contribution in [2.24, 2.45) is 0 Å². The molecule has 0 aliphatic rings. The largest absolute Gasteiger partial charge is 0.573 e. The van der Waals surface area contributed by atoms with E-state index in [1.54, 1.807) is 0 Å². The van der Waals surface area contributed by atoms with Crippen LogP contribution in [0.1, 0.15) is 10.5 Å². The molecule has 2 aromatic rings. The molecule has 0 atom stereocenters. The quantitative estimate of drug-likeness (QED) is 0.845. The smallest absolute Gasteiger partial charge is 0.495 e. The molecule has 1 aromatic carbocycles. The molecule has 1 amide bonds. The average molecular weight is 381 g/mol. The highest BCUT2D eigenvalue weighted by molar-refractivity contribution is 6.37. The maximum Gasteiger partial charge on any atom is 0.573 e. The van der Waals surface area contributed by atoms with Crippen LogP contribution in [0.15, 0.2) is 30.5 Å². The van der Waals surface area contributed by atoms with Crippen LogP contribution in [0.25, 0.3) is 0 Å². The number of benzene rings is 1. The van der Waals surface area contributed by atoms with Crippen LogP contribution in [0.3, 0.4) is 0 Å². The number of pyridine rings is 1. The highest BCUT2D eigenvalue weighted by Crippen LogP contribution is 2.34. The van der Waals surface area contributed by atoms with E-state index in [0.29, 0.717) is 5.75 Å². The van der Waals surface area contributed by atoms with Crippen molar-refractivity contribution in [3.05, 3.63) is 46.2 Å². The first-order valence-electron chi connectivity index (χ1n) is 6.26. The first kappa shape index (κ1) is 18.2. The van der Waals surface area contributed by atoms with E-state index in [1.165, 1.54) is 19.2 Å². The molecular weight excluding hydrogens is 372 g/mol. The zero-order chi connectivity index (χ0) is 17.9. The summed E-state index contributed by atoms with van der Waals surface area (Å²) in [5.74, 6) is -0.927. The third-order valence-electron chi connectivity index (χ3n) is 2.69. The lowest BCUT2D eigenvalue weighted by Gasteiger charge is -2.11. The molecule has 24 heavy (non-hydrogen) atoms. The Kier molecular flexibility index (Phi) is 5.40. The van der Waals surface area contributed by atoms with E-state index >= 15 is 0 Å². The van der Waals surface area contributed by atoms with Gasteiger partial charge in [0.15, 0.2) is 0 Å². The van der Waals surface area contributed by atoms with Crippen LogP contribution < -0.4 is 14.8 Å². The number of amides is 1. The fourth-order valence-corrected chi connectivity index (χ4v) is 2.18. The Labute approximate surface area is 144 Å². The molecule has 5 nitrogen and oxygen atoms in total. The number of rotatable bonds is 4. The fourth-order valence-electron chi connectivity index (χ4n) is 1.68. The van der Waals surface area contributed by atoms with Crippen molar-refractivity contribution in [3.8, 4) is 11.5 Å². The van der Waals surface area contributed by atoms with Gasteiger partial charge in [0.05, 0.1) is 29.0 Å². The summed E-state index contributed by atoms with van der Waals surface area (Å²) in [5.41, 5.74) is 0.0786. The van der Waals surface area contributed by atoms with Crippen molar-refractivity contribution in [1.82, 2.24) is 4.98 Å². The fraction of sp³-hybridized carbons (Fsp3) is 0.143. The van der Waals surface area contributed by atoms with Gasteiger partial charge < -0.3 is 14.8 Å². The number of carbonyl (C=O) groups excluding carboxylic acids is 1. The molecule has 2 rings (SSSR count). The third kappa shape index (κ3) is 4.65. The Morgan fingerprint density at radius 3 is 2.46 bits per heavy atom. The van der Waals surface area contributed by atoms with Gasteiger partial charge in [0.2, 0.25) is 0 Å². The molecular formula is C14H9Cl2F3N2O3. The number of nitrogens with zero attached hydrogens (tertiary/aromatic N) is 1. The van der Waals surface area contributed by atoms with E-state index in [-0.39, 0.29) is 21.4 Å². The maximum atomic E-state index is 12.1. The number of alkyl halides is 3. The van der Waals surface area contributed by atoms with Crippen LogP contribution in [0.4, 0.5) is 18.9 Å². The number of ether oxygens (including phenoxy) is 2. The number of hydrogen-bond acceptors (Lipinski definition) is 4. The number of methoxy groups -OCH3 is 1. The van der Waals surface area contributed by atoms with Crippen LogP contribution in [0, 0.1) is 0 Å². The van der Waals surface area contributed by atoms with Crippen LogP contribution in [0.2, 0.25) is 10.0 Å². The summed E-state index contributed by atoms with van der Waals surface area (Å²) in [6.07, 6.45) is -4.05. The molecule has 10 heteroatoms. The summed E-state index contributed by atoms with van der Waals surface area (Å²) in [6, 6.07) is 4.84. The Morgan fingerprint density at radius 1 is 1.21 bits per heavy atom. The van der Waals surface area contributed by atoms with Gasteiger partial charge in [-0.2, -0.15) is 0 Å². The molecule has 0 bridgehead atoms. The first-order chi connectivity index (χ1) is 11.2. The topological polar surface area (TPSA) is 60.5 Å². The molecule has 1 heterocycles. The standard InChI is InChI=1S/C14H9Cl2F3N2O3/c1-23-12-5-11(8(15)4-9(12)16)21-13(22)10-3-2-7(6-20-10)24-14(17,18)19/h2-6H,1H3,(H,21,22). The predicted octanol–water partition coefficient (Wildman–Crippen LogP) is 4.55. The summed E-state index contributed by atoms with van der Waals surface area (Å²) in [6.45, 7) is 0. The molecule has 0 aliphatic heterocycles. The zero-order valence-corrected chi connectivity index (χ0v) is 13.5. The third-order valence-corrected chi connectivity index (χ3v) is 3.30. The summed E-state index contributed by atoms with van der Waals surface area (Å²) in [4.78, 5) is 15.7. The summed E-state index contributed by atoms with van der Waals surface area (Å²) in [7, 11) is 1.39. The second kappa shape index (κ2) is 7.14. The number of carbonyl (C=O) groups is 1. The molecule has 1 N–H and O–H groups in total. The molecule has 0 radical (unpaired) electrons. The summed E-state index contributed by atoms with van der Waals surface area (Å²) in [5, 5.41) is 2.88.